The molecule has 0 bridgehead atoms. The van der Waals surface area contributed by atoms with Gasteiger partial charge in [0, 0.05) is 12.7 Å². The number of likely N-dealkylation sites (tertiary alicyclic amines) is 1. The Hall–Kier alpha value is -2.75. The van der Waals surface area contributed by atoms with Gasteiger partial charge in [0.2, 0.25) is 10.7 Å². The Balaban J connectivity index is 1.43. The van der Waals surface area contributed by atoms with E-state index in [0.717, 1.165) is 30.8 Å². The molecule has 1 aliphatic rings. The van der Waals surface area contributed by atoms with Crippen LogP contribution in [-0.4, -0.2) is 50.3 Å². The molecule has 162 valence electrons. The number of rotatable bonds is 6. The van der Waals surface area contributed by atoms with E-state index in [0.29, 0.717) is 28.8 Å². The maximum absolute atomic E-state index is 12.7. The summed E-state index contributed by atoms with van der Waals surface area (Å²) in [5, 5.41) is 7.87. The third-order valence-corrected chi connectivity index (χ3v) is 5.90. The predicted molar refractivity (Wildman–Crippen MR) is 121 cm³/mol. The van der Waals surface area contributed by atoms with Gasteiger partial charge in [-0.15, -0.1) is 0 Å². The molecule has 8 nitrogen and oxygen atoms in total. The number of carbonyl (C=O) groups is 1. The number of hydrogen-bond acceptors (Lipinski definition) is 6. The topological polar surface area (TPSA) is 77.2 Å². The van der Waals surface area contributed by atoms with Crippen LogP contribution in [0.4, 0.5) is 5.82 Å². The number of piperidine rings is 1. The first-order valence-corrected chi connectivity index (χ1v) is 10.8. The van der Waals surface area contributed by atoms with Crippen LogP contribution >= 0.6 is 23.8 Å². The highest BCUT2D eigenvalue weighted by Crippen LogP contribution is 2.23. The summed E-state index contributed by atoms with van der Waals surface area (Å²) in [6, 6.07) is 11.1. The number of benzene rings is 1. The first-order chi connectivity index (χ1) is 15.0. The summed E-state index contributed by atoms with van der Waals surface area (Å²) in [5.74, 6) is 1.06. The highest BCUT2D eigenvalue weighted by atomic mass is 35.5. The maximum atomic E-state index is 12.7. The van der Waals surface area contributed by atoms with E-state index in [1.54, 1.807) is 30.3 Å². The van der Waals surface area contributed by atoms with Crippen molar-refractivity contribution in [3.8, 4) is 11.4 Å². The number of methoxy groups -OCH3 is 1. The molecule has 3 heterocycles. The van der Waals surface area contributed by atoms with Crippen molar-refractivity contribution in [2.45, 2.75) is 19.5 Å². The van der Waals surface area contributed by atoms with Crippen LogP contribution in [0.5, 0.6) is 5.75 Å². The summed E-state index contributed by atoms with van der Waals surface area (Å²) in [6.45, 7) is 2.03. The van der Waals surface area contributed by atoms with Gasteiger partial charge in [0.1, 0.15) is 17.9 Å². The van der Waals surface area contributed by atoms with E-state index in [2.05, 4.69) is 20.3 Å². The van der Waals surface area contributed by atoms with E-state index >= 15 is 0 Å². The van der Waals surface area contributed by atoms with Gasteiger partial charge < -0.3 is 10.1 Å². The fourth-order valence-electron chi connectivity index (χ4n) is 3.69. The summed E-state index contributed by atoms with van der Waals surface area (Å²) in [4.78, 5) is 19.0. The van der Waals surface area contributed by atoms with Gasteiger partial charge in [-0.2, -0.15) is 5.10 Å². The second-order valence-corrected chi connectivity index (χ2v) is 8.16. The van der Waals surface area contributed by atoms with Gasteiger partial charge in [-0.3, -0.25) is 14.3 Å². The molecule has 4 rings (SSSR count). The Morgan fingerprint density at radius 1 is 1.32 bits per heavy atom. The number of hydrogen-bond donors (Lipinski definition) is 1. The van der Waals surface area contributed by atoms with Crippen molar-refractivity contribution in [2.75, 3.05) is 25.5 Å². The molecule has 1 amide bonds. The van der Waals surface area contributed by atoms with Crippen molar-refractivity contribution in [3.63, 3.8) is 0 Å². The lowest BCUT2D eigenvalue weighted by atomic mass is 9.97. The van der Waals surface area contributed by atoms with Crippen LogP contribution in [0.1, 0.15) is 12.8 Å². The van der Waals surface area contributed by atoms with E-state index in [-0.39, 0.29) is 11.8 Å². The molecule has 1 saturated heterocycles. The molecule has 0 saturated carbocycles. The molecular formula is C21H23ClN6O2S. The van der Waals surface area contributed by atoms with Gasteiger partial charge >= 0.3 is 0 Å². The zero-order valence-corrected chi connectivity index (χ0v) is 18.6. The predicted octanol–water partition coefficient (Wildman–Crippen LogP) is 3.77. The standard InChI is InChI=1S/C21H23ClN6O2S/c1-30-18-7-3-2-6-17(18)27-13-24-28(21(27)31)14-26-10-4-5-15(12-26)20(29)25-19-9-8-16(22)11-23-19/h2-3,6-9,11,13,15H,4-5,10,12,14H2,1H3,(H,23,25,29). The van der Waals surface area contributed by atoms with Crippen molar-refractivity contribution in [2.24, 2.45) is 5.92 Å². The number of ether oxygens (including phenoxy) is 1. The first kappa shape index (κ1) is 21.5. The van der Waals surface area contributed by atoms with E-state index in [1.165, 1.54) is 6.20 Å². The molecule has 0 radical (unpaired) electrons. The molecule has 3 aromatic rings. The maximum Gasteiger partial charge on any atom is 0.229 e. The number of nitrogens with zero attached hydrogens (tertiary/aromatic N) is 5. The second-order valence-electron chi connectivity index (χ2n) is 7.36. The summed E-state index contributed by atoms with van der Waals surface area (Å²) in [7, 11) is 1.63. The van der Waals surface area contributed by atoms with Crippen LogP contribution < -0.4 is 10.1 Å². The minimum absolute atomic E-state index is 0.0392. The Morgan fingerprint density at radius 3 is 2.94 bits per heavy atom. The molecular weight excluding hydrogens is 436 g/mol. The smallest absolute Gasteiger partial charge is 0.229 e. The number of carbonyl (C=O) groups excluding carboxylic acids is 1. The van der Waals surface area contributed by atoms with Crippen LogP contribution in [0, 0.1) is 10.7 Å². The van der Waals surface area contributed by atoms with E-state index < -0.39 is 0 Å². The fraction of sp³-hybridized carbons (Fsp3) is 0.333. The summed E-state index contributed by atoms with van der Waals surface area (Å²) < 4.78 is 9.60. The third kappa shape index (κ3) is 4.95. The summed E-state index contributed by atoms with van der Waals surface area (Å²) in [6.07, 6.45) is 4.97. The minimum Gasteiger partial charge on any atom is -0.495 e. The van der Waals surface area contributed by atoms with E-state index in [4.69, 9.17) is 28.6 Å². The number of para-hydroxylation sites is 2. The van der Waals surface area contributed by atoms with Crippen molar-refractivity contribution in [1.82, 2.24) is 24.2 Å². The van der Waals surface area contributed by atoms with Crippen molar-refractivity contribution in [3.05, 3.63) is 58.7 Å². The molecule has 2 aromatic heterocycles. The number of nitrogens with one attached hydrogen (secondary N) is 1. The molecule has 1 fully saturated rings. The lowest BCUT2D eigenvalue weighted by Crippen LogP contribution is -2.41. The van der Waals surface area contributed by atoms with Gasteiger partial charge in [0.05, 0.1) is 30.4 Å². The van der Waals surface area contributed by atoms with Crippen LogP contribution in [0.15, 0.2) is 48.9 Å². The number of aromatic nitrogens is 4. The van der Waals surface area contributed by atoms with Crippen LogP contribution in [0.2, 0.25) is 5.02 Å². The summed E-state index contributed by atoms with van der Waals surface area (Å²) >= 11 is 11.5. The number of pyridine rings is 1. The molecule has 10 heteroatoms. The Morgan fingerprint density at radius 2 is 2.16 bits per heavy atom. The van der Waals surface area contributed by atoms with Crippen molar-refractivity contribution < 1.29 is 9.53 Å². The molecule has 0 spiro atoms. The number of amides is 1. The SMILES string of the molecule is COc1ccccc1-n1cnn(CN2CCCC(C(=O)Nc3ccc(Cl)cn3)C2)c1=S. The third-order valence-electron chi connectivity index (χ3n) is 5.27. The Kier molecular flexibility index (Phi) is 6.64. The molecule has 1 aromatic carbocycles. The summed E-state index contributed by atoms with van der Waals surface area (Å²) in [5.41, 5.74) is 0.840. The van der Waals surface area contributed by atoms with E-state index in [1.807, 2.05) is 28.8 Å². The lowest BCUT2D eigenvalue weighted by molar-refractivity contribution is -0.121. The van der Waals surface area contributed by atoms with Crippen LogP contribution in [0.3, 0.4) is 0 Å². The van der Waals surface area contributed by atoms with Gasteiger partial charge in [0.15, 0.2) is 0 Å². The molecule has 1 unspecified atom stereocenters. The zero-order chi connectivity index (χ0) is 21.8. The van der Waals surface area contributed by atoms with Gasteiger partial charge in [-0.05, 0) is 55.9 Å². The second kappa shape index (κ2) is 9.59. The quantitative estimate of drug-likeness (QED) is 0.566. The molecule has 0 aliphatic carbocycles. The average molecular weight is 459 g/mol. The van der Waals surface area contributed by atoms with Gasteiger partial charge in [-0.1, -0.05) is 23.7 Å². The van der Waals surface area contributed by atoms with Gasteiger partial charge in [-0.25, -0.2) is 9.67 Å². The fourth-order valence-corrected chi connectivity index (χ4v) is 4.06. The number of anilines is 1. The molecule has 1 N–H and O–H groups in total. The number of halogens is 1. The Labute approximate surface area is 190 Å². The minimum atomic E-state index is -0.128. The van der Waals surface area contributed by atoms with Crippen LogP contribution in [0.25, 0.3) is 5.69 Å². The van der Waals surface area contributed by atoms with Crippen molar-refractivity contribution >= 4 is 35.5 Å². The molecule has 31 heavy (non-hydrogen) atoms. The Bertz CT molecular complexity index is 1110. The lowest BCUT2D eigenvalue weighted by Gasteiger charge is -2.31. The monoisotopic (exact) mass is 458 g/mol. The molecule has 1 atom stereocenters. The normalized spacial score (nSPS) is 16.8. The van der Waals surface area contributed by atoms with Crippen molar-refractivity contribution in [1.29, 1.82) is 0 Å². The highest BCUT2D eigenvalue weighted by molar-refractivity contribution is 7.71. The first-order valence-electron chi connectivity index (χ1n) is 9.98. The average Bonchev–Trinajstić information content (AvgIpc) is 3.15. The molecule has 1 aliphatic heterocycles. The largest absolute Gasteiger partial charge is 0.495 e. The van der Waals surface area contributed by atoms with E-state index in [9.17, 15) is 4.79 Å². The zero-order valence-electron chi connectivity index (χ0n) is 17.1. The van der Waals surface area contributed by atoms with Crippen LogP contribution in [-0.2, 0) is 11.5 Å². The van der Waals surface area contributed by atoms with Gasteiger partial charge in [0.25, 0.3) is 0 Å². The highest BCUT2D eigenvalue weighted by Gasteiger charge is 2.26.